The molecule has 2 saturated heterocycles. The molecular formula is C16H26N4O2. The van der Waals surface area contributed by atoms with Gasteiger partial charge >= 0.3 is 0 Å². The first-order chi connectivity index (χ1) is 10.6. The van der Waals surface area contributed by atoms with E-state index in [9.17, 15) is 9.90 Å². The van der Waals surface area contributed by atoms with E-state index in [1.54, 1.807) is 13.1 Å². The van der Waals surface area contributed by atoms with Crippen LogP contribution in [0, 0.1) is 11.3 Å². The van der Waals surface area contributed by atoms with E-state index in [1.165, 1.54) is 0 Å². The van der Waals surface area contributed by atoms with E-state index in [4.69, 9.17) is 0 Å². The summed E-state index contributed by atoms with van der Waals surface area (Å²) in [5.41, 5.74) is 0.209. The summed E-state index contributed by atoms with van der Waals surface area (Å²) in [4.78, 5) is 23.4. The minimum atomic E-state index is 0.128. The fraction of sp³-hybridized carbons (Fsp3) is 0.750. The largest absolute Gasteiger partial charge is 0.396 e. The summed E-state index contributed by atoms with van der Waals surface area (Å²) in [7, 11) is 0. The lowest BCUT2D eigenvalue weighted by molar-refractivity contribution is -0.135. The van der Waals surface area contributed by atoms with Gasteiger partial charge in [-0.15, -0.1) is 0 Å². The number of aliphatic hydroxyl groups excluding tert-OH is 1. The number of likely N-dealkylation sites (tertiary alicyclic amines) is 2. The Labute approximate surface area is 131 Å². The number of amides is 1. The summed E-state index contributed by atoms with van der Waals surface area (Å²) in [5.74, 6) is 1.36. The molecule has 0 aliphatic carbocycles. The predicted octanol–water partition coefficient (Wildman–Crippen LogP) is 0.853. The Hall–Kier alpha value is -1.40. The van der Waals surface area contributed by atoms with E-state index < -0.39 is 0 Å². The average molecular weight is 306 g/mol. The number of imidazole rings is 1. The van der Waals surface area contributed by atoms with Crippen LogP contribution in [0.3, 0.4) is 0 Å². The quantitative estimate of drug-likeness (QED) is 0.868. The number of nitrogens with zero attached hydrogens (tertiary/aromatic N) is 3. The van der Waals surface area contributed by atoms with Crippen molar-refractivity contribution in [3.05, 3.63) is 18.2 Å². The zero-order valence-corrected chi connectivity index (χ0v) is 13.3. The smallest absolute Gasteiger partial charge is 0.219 e. The molecule has 1 spiro atoms. The molecule has 1 aromatic rings. The van der Waals surface area contributed by atoms with Crippen LogP contribution in [-0.2, 0) is 11.3 Å². The van der Waals surface area contributed by atoms with Crippen LogP contribution in [-0.4, -0.2) is 63.6 Å². The van der Waals surface area contributed by atoms with Crippen LogP contribution in [0.5, 0.6) is 0 Å². The van der Waals surface area contributed by atoms with Gasteiger partial charge in [-0.3, -0.25) is 9.69 Å². The minimum absolute atomic E-state index is 0.128. The van der Waals surface area contributed by atoms with Gasteiger partial charge in [0.25, 0.3) is 0 Å². The Morgan fingerprint density at radius 1 is 1.41 bits per heavy atom. The number of carbonyl (C=O) groups is 1. The molecule has 1 amide bonds. The maximum absolute atomic E-state index is 11.6. The van der Waals surface area contributed by atoms with Crippen LogP contribution in [0.15, 0.2) is 12.4 Å². The summed E-state index contributed by atoms with van der Waals surface area (Å²) in [6.45, 7) is 6.30. The van der Waals surface area contributed by atoms with Gasteiger partial charge in [-0.2, -0.15) is 0 Å². The third-order valence-corrected chi connectivity index (χ3v) is 5.63. The van der Waals surface area contributed by atoms with Crippen molar-refractivity contribution < 1.29 is 9.90 Å². The van der Waals surface area contributed by atoms with E-state index in [1.807, 2.05) is 11.1 Å². The van der Waals surface area contributed by atoms with Crippen molar-refractivity contribution in [1.82, 2.24) is 19.8 Å². The number of aromatic nitrogens is 2. The van der Waals surface area contributed by atoms with E-state index >= 15 is 0 Å². The predicted molar refractivity (Wildman–Crippen MR) is 83.0 cm³/mol. The molecule has 6 nitrogen and oxygen atoms in total. The maximum Gasteiger partial charge on any atom is 0.219 e. The lowest BCUT2D eigenvalue weighted by Gasteiger charge is -2.51. The molecule has 0 radical (unpaired) electrons. The summed E-state index contributed by atoms with van der Waals surface area (Å²) in [5, 5.41) is 9.81. The molecule has 3 rings (SSSR count). The van der Waals surface area contributed by atoms with E-state index in [0.29, 0.717) is 6.54 Å². The summed E-state index contributed by atoms with van der Waals surface area (Å²) < 4.78 is 0. The molecule has 22 heavy (non-hydrogen) atoms. The molecule has 2 fully saturated rings. The number of aliphatic hydroxyl groups is 1. The highest BCUT2D eigenvalue weighted by Gasteiger charge is 2.44. The van der Waals surface area contributed by atoms with Crippen LogP contribution in [0.4, 0.5) is 0 Å². The molecule has 1 atom stereocenters. The van der Waals surface area contributed by atoms with Gasteiger partial charge in [0.1, 0.15) is 5.82 Å². The molecule has 0 saturated carbocycles. The molecule has 6 heteroatoms. The molecule has 0 aromatic carbocycles. The Bertz CT molecular complexity index is 494. The molecule has 1 aromatic heterocycles. The molecule has 2 aliphatic heterocycles. The van der Waals surface area contributed by atoms with Crippen molar-refractivity contribution in [2.45, 2.75) is 32.7 Å². The number of piperidine rings is 2. The SMILES string of the molecule is CC(=O)N1CCC2(CCN(Cc3ncc[nH]3)CC2)[C@H](CO)C1. The van der Waals surface area contributed by atoms with Gasteiger partial charge in [-0.25, -0.2) is 4.98 Å². The third-order valence-electron chi connectivity index (χ3n) is 5.63. The van der Waals surface area contributed by atoms with Crippen LogP contribution >= 0.6 is 0 Å². The van der Waals surface area contributed by atoms with Gasteiger partial charge in [0.05, 0.1) is 6.54 Å². The first-order valence-corrected chi connectivity index (χ1v) is 8.20. The van der Waals surface area contributed by atoms with Gasteiger partial charge in [0.2, 0.25) is 5.91 Å². The number of aromatic amines is 1. The highest BCUT2D eigenvalue weighted by molar-refractivity contribution is 5.73. The van der Waals surface area contributed by atoms with Crippen molar-refractivity contribution in [3.8, 4) is 0 Å². The fourth-order valence-electron chi connectivity index (χ4n) is 4.06. The highest BCUT2D eigenvalue weighted by Crippen LogP contribution is 2.45. The van der Waals surface area contributed by atoms with Crippen LogP contribution in [0.2, 0.25) is 0 Å². The second-order valence-electron chi connectivity index (χ2n) is 6.77. The number of H-pyrrole nitrogens is 1. The third kappa shape index (κ3) is 3.03. The molecule has 2 N–H and O–H groups in total. The van der Waals surface area contributed by atoms with Crippen LogP contribution < -0.4 is 0 Å². The zero-order valence-electron chi connectivity index (χ0n) is 13.3. The van der Waals surface area contributed by atoms with Gasteiger partial charge in [-0.1, -0.05) is 0 Å². The second-order valence-corrected chi connectivity index (χ2v) is 6.77. The Balaban J connectivity index is 1.60. The average Bonchev–Trinajstić information content (AvgIpc) is 3.03. The number of carbonyl (C=O) groups excluding carboxylic acids is 1. The molecule has 0 unspecified atom stereocenters. The summed E-state index contributed by atoms with van der Waals surface area (Å²) in [6.07, 6.45) is 6.88. The molecule has 122 valence electrons. The molecular weight excluding hydrogens is 280 g/mol. The lowest BCUT2D eigenvalue weighted by Crippen LogP contribution is -2.54. The summed E-state index contributed by atoms with van der Waals surface area (Å²) in [6, 6.07) is 0. The number of hydrogen-bond donors (Lipinski definition) is 2. The molecule has 2 aliphatic rings. The summed E-state index contributed by atoms with van der Waals surface area (Å²) >= 11 is 0. The molecule has 0 bridgehead atoms. The van der Waals surface area contributed by atoms with Crippen molar-refractivity contribution in [1.29, 1.82) is 0 Å². The number of hydrogen-bond acceptors (Lipinski definition) is 4. The highest BCUT2D eigenvalue weighted by atomic mass is 16.3. The van der Waals surface area contributed by atoms with Crippen molar-refractivity contribution in [2.75, 3.05) is 32.8 Å². The van der Waals surface area contributed by atoms with Gasteiger partial charge in [0.15, 0.2) is 0 Å². The Morgan fingerprint density at radius 2 is 2.14 bits per heavy atom. The van der Waals surface area contributed by atoms with Gasteiger partial charge in [-0.05, 0) is 37.8 Å². The van der Waals surface area contributed by atoms with Crippen LogP contribution in [0.1, 0.15) is 32.0 Å². The van der Waals surface area contributed by atoms with Crippen molar-refractivity contribution in [3.63, 3.8) is 0 Å². The first kappa shape index (κ1) is 15.5. The topological polar surface area (TPSA) is 72.5 Å². The number of nitrogens with one attached hydrogen (secondary N) is 1. The van der Waals surface area contributed by atoms with Crippen molar-refractivity contribution in [2.24, 2.45) is 11.3 Å². The monoisotopic (exact) mass is 306 g/mol. The van der Waals surface area contributed by atoms with Crippen LogP contribution in [0.25, 0.3) is 0 Å². The standard InChI is InChI=1S/C16H26N4O2/c1-13(22)20-9-4-16(14(10-20)12-21)2-7-19(8-3-16)11-15-17-5-6-18-15/h5-6,14,21H,2-4,7-12H2,1H3,(H,17,18)/t14-/m0/s1. The van der Waals surface area contributed by atoms with Gasteiger partial charge in [0, 0.05) is 44.9 Å². The second kappa shape index (κ2) is 6.38. The Kier molecular flexibility index (Phi) is 4.49. The minimum Gasteiger partial charge on any atom is -0.396 e. The zero-order chi connectivity index (χ0) is 15.6. The normalized spacial score (nSPS) is 25.5. The first-order valence-electron chi connectivity index (χ1n) is 8.20. The Morgan fingerprint density at radius 3 is 2.73 bits per heavy atom. The maximum atomic E-state index is 11.6. The lowest BCUT2D eigenvalue weighted by atomic mass is 9.64. The fourth-order valence-corrected chi connectivity index (χ4v) is 4.06. The van der Waals surface area contributed by atoms with Crippen molar-refractivity contribution >= 4 is 5.91 Å². The molecule has 3 heterocycles. The van der Waals surface area contributed by atoms with E-state index in [-0.39, 0.29) is 23.8 Å². The van der Waals surface area contributed by atoms with E-state index in [2.05, 4.69) is 14.9 Å². The number of rotatable bonds is 3. The van der Waals surface area contributed by atoms with E-state index in [0.717, 1.165) is 51.3 Å². The van der Waals surface area contributed by atoms with Gasteiger partial charge < -0.3 is 15.0 Å².